The molecule has 0 aliphatic carbocycles. The van der Waals surface area contributed by atoms with Crippen molar-refractivity contribution in [1.82, 2.24) is 40.3 Å². The number of carbonyl (C=O) groups is 3. The highest BCUT2D eigenvalue weighted by atomic mass is 16.5. The average molecular weight is 577 g/mol. The number of nitrogens with one attached hydrogen (secondary N) is 1. The first-order valence-electron chi connectivity index (χ1n) is 12.7. The normalized spacial score (nSPS) is 11.0. The fourth-order valence-corrected chi connectivity index (χ4v) is 3.31. The third-order valence-corrected chi connectivity index (χ3v) is 5.15. The second-order valence-corrected chi connectivity index (χ2v) is 8.34. The van der Waals surface area contributed by atoms with Crippen LogP contribution in [0, 0.1) is 0 Å². The Kier molecular flexibility index (Phi) is 12.7. The lowest BCUT2D eigenvalue weighted by atomic mass is 10.1. The summed E-state index contributed by atoms with van der Waals surface area (Å²) < 4.78 is 23.8. The van der Waals surface area contributed by atoms with Crippen LogP contribution in [0.1, 0.15) is 17.3 Å². The van der Waals surface area contributed by atoms with Gasteiger partial charge in [0.2, 0.25) is 0 Å². The summed E-state index contributed by atoms with van der Waals surface area (Å²) in [5.74, 6) is -2.36. The van der Waals surface area contributed by atoms with Crippen molar-refractivity contribution in [3.63, 3.8) is 0 Å². The molecular formula is C24H32N8O9. The maximum absolute atomic E-state index is 12.7. The molecule has 222 valence electrons. The van der Waals surface area contributed by atoms with Crippen molar-refractivity contribution in [2.45, 2.75) is 20.0 Å². The van der Waals surface area contributed by atoms with Crippen LogP contribution in [0.15, 0.2) is 24.5 Å². The van der Waals surface area contributed by atoms with Crippen LogP contribution in [0.4, 0.5) is 0 Å². The van der Waals surface area contributed by atoms with Gasteiger partial charge in [-0.3, -0.25) is 4.79 Å². The summed E-state index contributed by atoms with van der Waals surface area (Å²) in [5, 5.41) is 36.4. The summed E-state index contributed by atoms with van der Waals surface area (Å²) in [5.41, 5.74) is 2.07. The van der Waals surface area contributed by atoms with Gasteiger partial charge in [-0.15, -0.1) is 10.2 Å². The fourth-order valence-electron chi connectivity index (χ4n) is 3.31. The molecule has 0 radical (unpaired) electrons. The Morgan fingerprint density at radius 1 is 0.732 bits per heavy atom. The summed E-state index contributed by atoms with van der Waals surface area (Å²) in [6.07, 6.45) is 3.35. The molecule has 0 aliphatic rings. The predicted octanol–water partition coefficient (Wildman–Crippen LogP) is -0.416. The lowest BCUT2D eigenvalue weighted by Gasteiger charge is -2.06. The highest BCUT2D eigenvalue weighted by molar-refractivity contribution is 5.96. The van der Waals surface area contributed by atoms with Crippen LogP contribution in [-0.4, -0.2) is 122 Å². The first-order chi connectivity index (χ1) is 19.9. The van der Waals surface area contributed by atoms with Crippen molar-refractivity contribution in [3.8, 4) is 22.8 Å². The minimum atomic E-state index is -1.04. The van der Waals surface area contributed by atoms with Crippen molar-refractivity contribution < 1.29 is 43.5 Å². The number of pyridine rings is 1. The number of carboxylic acids is 2. The van der Waals surface area contributed by atoms with Gasteiger partial charge in [0, 0.05) is 12.1 Å². The molecule has 17 nitrogen and oxygen atoms in total. The lowest BCUT2D eigenvalue weighted by Crippen LogP contribution is -2.22. The van der Waals surface area contributed by atoms with E-state index in [-0.39, 0.29) is 45.5 Å². The van der Waals surface area contributed by atoms with Gasteiger partial charge in [-0.2, -0.15) is 0 Å². The number of ether oxygens (including phenoxy) is 4. The fraction of sp³-hybridized carbons (Fsp3) is 0.500. The number of carboxylic acid groups (broad SMARTS) is 2. The molecule has 0 aliphatic heterocycles. The Balaban J connectivity index is 1.61. The van der Waals surface area contributed by atoms with Crippen LogP contribution >= 0.6 is 0 Å². The van der Waals surface area contributed by atoms with Crippen LogP contribution in [-0.2, 0) is 41.6 Å². The predicted molar refractivity (Wildman–Crippen MR) is 139 cm³/mol. The van der Waals surface area contributed by atoms with Crippen molar-refractivity contribution in [2.75, 3.05) is 59.4 Å². The van der Waals surface area contributed by atoms with Crippen molar-refractivity contribution in [3.05, 3.63) is 30.1 Å². The highest BCUT2D eigenvalue weighted by Crippen LogP contribution is 2.22. The smallest absolute Gasteiger partial charge is 0.329 e. The Morgan fingerprint density at radius 3 is 1.63 bits per heavy atom. The van der Waals surface area contributed by atoms with Crippen molar-refractivity contribution in [2.24, 2.45) is 0 Å². The molecule has 0 atom stereocenters. The number of hydrogen-bond donors (Lipinski definition) is 3. The SMILES string of the molecule is CCNC(=O)c1cc(-c2cn(CCOCCOCC(=O)O)nn2)nc(-c2cn(CCOCCOCC(=O)O)nn2)c1. The number of rotatable bonds is 20. The minimum Gasteiger partial charge on any atom is -0.480 e. The number of aliphatic carboxylic acids is 2. The zero-order chi connectivity index (χ0) is 29.5. The third-order valence-electron chi connectivity index (χ3n) is 5.15. The molecule has 3 N–H and O–H groups in total. The standard InChI is InChI=1S/C24H32N8O9/c1-2-25-24(37)17-11-18(20-13-31(29-27-20)3-5-38-7-9-40-15-22(33)34)26-19(12-17)21-14-32(30-28-21)4-6-39-8-10-41-16-23(35)36/h11-14H,2-10,15-16H2,1H3,(H,25,37)(H,33,34)(H,35,36). The van der Waals surface area contributed by atoms with E-state index in [4.69, 9.17) is 29.2 Å². The molecule has 3 aromatic rings. The highest BCUT2D eigenvalue weighted by Gasteiger charge is 2.16. The van der Waals surface area contributed by atoms with Crippen molar-refractivity contribution in [1.29, 1.82) is 0 Å². The zero-order valence-corrected chi connectivity index (χ0v) is 22.5. The van der Waals surface area contributed by atoms with E-state index in [1.54, 1.807) is 33.9 Å². The van der Waals surface area contributed by atoms with Gasteiger partial charge < -0.3 is 34.5 Å². The quantitative estimate of drug-likeness (QED) is 0.146. The molecular weight excluding hydrogens is 544 g/mol. The Hall–Kier alpha value is -4.32. The molecule has 0 bridgehead atoms. The molecule has 3 rings (SSSR count). The van der Waals surface area contributed by atoms with E-state index < -0.39 is 11.9 Å². The molecule has 0 saturated carbocycles. The van der Waals surface area contributed by atoms with E-state index in [1.807, 2.05) is 6.92 Å². The second-order valence-electron chi connectivity index (χ2n) is 8.34. The van der Waals surface area contributed by atoms with E-state index in [9.17, 15) is 14.4 Å². The van der Waals surface area contributed by atoms with Crippen LogP contribution < -0.4 is 5.32 Å². The second kappa shape index (κ2) is 16.7. The number of aromatic nitrogens is 7. The molecule has 0 fully saturated rings. The van der Waals surface area contributed by atoms with E-state index in [0.29, 0.717) is 61.2 Å². The maximum atomic E-state index is 12.7. The molecule has 3 heterocycles. The van der Waals surface area contributed by atoms with Crippen LogP contribution in [0.2, 0.25) is 0 Å². The lowest BCUT2D eigenvalue weighted by molar-refractivity contribution is -0.143. The van der Waals surface area contributed by atoms with E-state index in [2.05, 4.69) is 30.9 Å². The molecule has 41 heavy (non-hydrogen) atoms. The van der Waals surface area contributed by atoms with Gasteiger partial charge in [-0.1, -0.05) is 10.4 Å². The van der Waals surface area contributed by atoms with Gasteiger partial charge in [-0.25, -0.2) is 23.9 Å². The largest absolute Gasteiger partial charge is 0.480 e. The van der Waals surface area contributed by atoms with E-state index >= 15 is 0 Å². The number of nitrogens with zero attached hydrogens (tertiary/aromatic N) is 7. The monoisotopic (exact) mass is 576 g/mol. The number of hydrogen-bond acceptors (Lipinski definition) is 12. The van der Waals surface area contributed by atoms with Gasteiger partial charge in [0.1, 0.15) is 24.6 Å². The molecule has 0 unspecified atom stereocenters. The summed E-state index contributed by atoms with van der Waals surface area (Å²) in [7, 11) is 0. The molecule has 17 heteroatoms. The van der Waals surface area contributed by atoms with Crippen LogP contribution in [0.25, 0.3) is 22.8 Å². The first kappa shape index (κ1) is 31.2. The van der Waals surface area contributed by atoms with E-state index in [1.165, 1.54) is 0 Å². The summed E-state index contributed by atoms with van der Waals surface area (Å²) >= 11 is 0. The van der Waals surface area contributed by atoms with Crippen LogP contribution in [0.5, 0.6) is 0 Å². The van der Waals surface area contributed by atoms with Gasteiger partial charge in [0.25, 0.3) is 5.91 Å². The van der Waals surface area contributed by atoms with Gasteiger partial charge in [0.15, 0.2) is 0 Å². The zero-order valence-electron chi connectivity index (χ0n) is 22.5. The average Bonchev–Trinajstić information content (AvgIpc) is 3.62. The molecule has 0 spiro atoms. The molecule has 3 aromatic heterocycles. The third kappa shape index (κ3) is 11.0. The number of carbonyl (C=O) groups excluding carboxylic acids is 1. The molecule has 1 amide bonds. The minimum absolute atomic E-state index is 0.162. The summed E-state index contributed by atoms with van der Waals surface area (Å²) in [4.78, 5) is 38.2. The summed E-state index contributed by atoms with van der Waals surface area (Å²) in [6, 6.07) is 3.23. The van der Waals surface area contributed by atoms with Gasteiger partial charge in [-0.05, 0) is 19.1 Å². The summed E-state index contributed by atoms with van der Waals surface area (Å²) in [6.45, 7) is 3.69. The van der Waals surface area contributed by atoms with Gasteiger partial charge in [0.05, 0.1) is 76.5 Å². The van der Waals surface area contributed by atoms with Gasteiger partial charge >= 0.3 is 11.9 Å². The Bertz CT molecular complexity index is 1200. The topological polar surface area (TPSA) is 215 Å². The maximum Gasteiger partial charge on any atom is 0.329 e. The van der Waals surface area contributed by atoms with E-state index in [0.717, 1.165) is 0 Å². The molecule has 0 saturated heterocycles. The Labute approximate surface area is 234 Å². The molecule has 0 aromatic carbocycles. The Morgan fingerprint density at radius 2 is 1.20 bits per heavy atom. The van der Waals surface area contributed by atoms with Crippen LogP contribution in [0.3, 0.4) is 0 Å². The number of amides is 1. The first-order valence-corrected chi connectivity index (χ1v) is 12.7. The van der Waals surface area contributed by atoms with Crippen molar-refractivity contribution >= 4 is 17.8 Å².